The third-order valence-corrected chi connectivity index (χ3v) is 6.36. The van der Waals surface area contributed by atoms with E-state index < -0.39 is 11.3 Å². The van der Waals surface area contributed by atoms with Gasteiger partial charge in [-0.15, -0.1) is 6.58 Å². The summed E-state index contributed by atoms with van der Waals surface area (Å²) in [4.78, 5) is 41.0. The summed E-state index contributed by atoms with van der Waals surface area (Å²) in [6, 6.07) is 14.0. The minimum absolute atomic E-state index is 0.000963. The van der Waals surface area contributed by atoms with Gasteiger partial charge in [-0.1, -0.05) is 36.4 Å². The van der Waals surface area contributed by atoms with Crippen LogP contribution in [0, 0.1) is 12.8 Å². The number of piperidine rings is 1. The first-order chi connectivity index (χ1) is 16.9. The summed E-state index contributed by atoms with van der Waals surface area (Å²) in [5.41, 5.74) is 0.669. The second-order valence-corrected chi connectivity index (χ2v) is 9.02. The van der Waals surface area contributed by atoms with Gasteiger partial charge in [0.25, 0.3) is 11.8 Å². The SMILES string of the molecule is C=CCNC(=O)c1cn(Cc2ccc(C)o2)cc(C(=O)N2CCC(Cc3ccccc3)CC2)c1=O. The lowest BCUT2D eigenvalue weighted by atomic mass is 9.90. The maximum atomic E-state index is 13.4. The highest BCUT2D eigenvalue weighted by atomic mass is 16.3. The lowest BCUT2D eigenvalue weighted by Gasteiger charge is -2.32. The molecule has 35 heavy (non-hydrogen) atoms. The molecule has 7 nitrogen and oxygen atoms in total. The molecule has 2 aromatic heterocycles. The van der Waals surface area contributed by atoms with Crippen molar-refractivity contribution >= 4 is 11.8 Å². The van der Waals surface area contributed by atoms with Crippen LogP contribution in [0.4, 0.5) is 0 Å². The van der Waals surface area contributed by atoms with Crippen LogP contribution in [0.1, 0.15) is 50.6 Å². The number of carbonyl (C=O) groups is 2. The summed E-state index contributed by atoms with van der Waals surface area (Å²) in [5.74, 6) is 1.06. The average Bonchev–Trinajstić information content (AvgIpc) is 3.28. The maximum Gasteiger partial charge on any atom is 0.259 e. The minimum atomic E-state index is -0.560. The Morgan fingerprint density at radius 3 is 2.46 bits per heavy atom. The number of pyridine rings is 1. The minimum Gasteiger partial charge on any atom is -0.464 e. The van der Waals surface area contributed by atoms with Crippen LogP contribution in [0.3, 0.4) is 0 Å². The number of hydrogen-bond donors (Lipinski definition) is 1. The fourth-order valence-electron chi connectivity index (χ4n) is 4.50. The van der Waals surface area contributed by atoms with Crippen molar-refractivity contribution in [3.63, 3.8) is 0 Å². The Morgan fingerprint density at radius 2 is 1.80 bits per heavy atom. The quantitative estimate of drug-likeness (QED) is 0.504. The van der Waals surface area contributed by atoms with E-state index in [1.807, 2.05) is 37.3 Å². The molecule has 3 heterocycles. The number of carbonyl (C=O) groups excluding carboxylic acids is 2. The van der Waals surface area contributed by atoms with Gasteiger partial charge in [0.1, 0.15) is 22.6 Å². The average molecular weight is 474 g/mol. The van der Waals surface area contributed by atoms with E-state index in [-0.39, 0.29) is 23.6 Å². The van der Waals surface area contributed by atoms with E-state index in [9.17, 15) is 14.4 Å². The summed E-state index contributed by atoms with van der Waals surface area (Å²) >= 11 is 0. The molecule has 0 unspecified atom stereocenters. The number of amides is 2. The number of furan rings is 1. The van der Waals surface area contributed by atoms with E-state index in [1.54, 1.807) is 9.47 Å². The van der Waals surface area contributed by atoms with Crippen molar-refractivity contribution in [1.82, 2.24) is 14.8 Å². The van der Waals surface area contributed by atoms with E-state index in [0.717, 1.165) is 25.0 Å². The highest BCUT2D eigenvalue weighted by molar-refractivity contribution is 5.99. The van der Waals surface area contributed by atoms with Gasteiger partial charge in [-0.3, -0.25) is 14.4 Å². The molecule has 1 aliphatic heterocycles. The molecule has 4 rings (SSSR count). The van der Waals surface area contributed by atoms with Gasteiger partial charge in [-0.05, 0) is 49.8 Å². The molecule has 0 bridgehead atoms. The zero-order valence-corrected chi connectivity index (χ0v) is 20.0. The molecular formula is C28H31N3O4. The van der Waals surface area contributed by atoms with Crippen molar-refractivity contribution in [2.45, 2.75) is 32.7 Å². The topological polar surface area (TPSA) is 84.6 Å². The van der Waals surface area contributed by atoms with Gasteiger partial charge < -0.3 is 19.2 Å². The van der Waals surface area contributed by atoms with Crippen LogP contribution in [0.25, 0.3) is 0 Å². The standard InChI is InChI=1S/C28H31N3O4/c1-3-13-29-27(33)24-18-30(17-23-10-9-20(2)35-23)19-25(26(24)32)28(34)31-14-11-22(12-15-31)16-21-7-5-4-6-8-21/h3-10,18-19,22H,1,11-17H2,2H3,(H,29,33). The van der Waals surface area contributed by atoms with Gasteiger partial charge in [0.2, 0.25) is 5.43 Å². The van der Waals surface area contributed by atoms with E-state index in [2.05, 4.69) is 24.0 Å². The fourth-order valence-corrected chi connectivity index (χ4v) is 4.50. The lowest BCUT2D eigenvalue weighted by Crippen LogP contribution is -2.42. The molecule has 7 heteroatoms. The first-order valence-corrected chi connectivity index (χ1v) is 12.0. The van der Waals surface area contributed by atoms with Gasteiger partial charge >= 0.3 is 0 Å². The van der Waals surface area contributed by atoms with Crippen LogP contribution < -0.4 is 10.7 Å². The summed E-state index contributed by atoms with van der Waals surface area (Å²) in [6.45, 7) is 7.13. The number of rotatable bonds is 8. The lowest BCUT2D eigenvalue weighted by molar-refractivity contribution is 0.0688. The summed E-state index contributed by atoms with van der Waals surface area (Å²) in [6.07, 6.45) is 7.28. The zero-order chi connectivity index (χ0) is 24.8. The number of aromatic nitrogens is 1. The third kappa shape index (κ3) is 5.98. The van der Waals surface area contributed by atoms with Crippen LogP contribution in [0.2, 0.25) is 0 Å². The highest BCUT2D eigenvalue weighted by Gasteiger charge is 2.27. The predicted molar refractivity (Wildman–Crippen MR) is 135 cm³/mol. The fraction of sp³-hybridized carbons (Fsp3) is 0.321. The van der Waals surface area contributed by atoms with Crippen molar-refractivity contribution in [1.29, 1.82) is 0 Å². The second kappa shape index (κ2) is 11.0. The maximum absolute atomic E-state index is 13.4. The molecule has 0 saturated carbocycles. The number of nitrogens with zero attached hydrogens (tertiary/aromatic N) is 2. The van der Waals surface area contributed by atoms with E-state index >= 15 is 0 Å². The van der Waals surface area contributed by atoms with Crippen LogP contribution in [0.5, 0.6) is 0 Å². The Hall–Kier alpha value is -3.87. The van der Waals surface area contributed by atoms with Crippen LogP contribution in [0.15, 0.2) is 76.7 Å². The van der Waals surface area contributed by atoms with Gasteiger partial charge in [0.15, 0.2) is 0 Å². The van der Waals surface area contributed by atoms with E-state index in [4.69, 9.17) is 4.42 Å². The smallest absolute Gasteiger partial charge is 0.259 e. The molecule has 0 atom stereocenters. The van der Waals surface area contributed by atoms with Gasteiger partial charge in [0.05, 0.1) is 6.54 Å². The summed E-state index contributed by atoms with van der Waals surface area (Å²) < 4.78 is 7.32. The molecule has 0 spiro atoms. The van der Waals surface area contributed by atoms with E-state index in [0.29, 0.717) is 31.3 Å². The van der Waals surface area contributed by atoms with Crippen molar-refractivity contribution in [2.24, 2.45) is 5.92 Å². The number of hydrogen-bond acceptors (Lipinski definition) is 4. The van der Waals surface area contributed by atoms with Gasteiger partial charge in [-0.25, -0.2) is 0 Å². The highest BCUT2D eigenvalue weighted by Crippen LogP contribution is 2.22. The summed E-state index contributed by atoms with van der Waals surface area (Å²) in [7, 11) is 0. The molecule has 2 amide bonds. The normalized spacial score (nSPS) is 14.0. The first kappa shape index (κ1) is 24.3. The second-order valence-electron chi connectivity index (χ2n) is 9.02. The Balaban J connectivity index is 1.54. The Morgan fingerprint density at radius 1 is 1.09 bits per heavy atom. The zero-order valence-electron chi connectivity index (χ0n) is 20.0. The van der Waals surface area contributed by atoms with Gasteiger partial charge in [0, 0.05) is 32.0 Å². The van der Waals surface area contributed by atoms with Gasteiger partial charge in [-0.2, -0.15) is 0 Å². The number of aryl methyl sites for hydroxylation is 1. The van der Waals surface area contributed by atoms with E-state index in [1.165, 1.54) is 24.0 Å². The molecule has 1 saturated heterocycles. The Kier molecular flexibility index (Phi) is 7.65. The third-order valence-electron chi connectivity index (χ3n) is 6.36. The summed E-state index contributed by atoms with van der Waals surface area (Å²) in [5, 5.41) is 2.64. The Bertz CT molecular complexity index is 1250. The molecular weight excluding hydrogens is 442 g/mol. The molecule has 1 aromatic carbocycles. The number of likely N-dealkylation sites (tertiary alicyclic amines) is 1. The van der Waals surface area contributed by atoms with Crippen LogP contribution in [-0.4, -0.2) is 40.9 Å². The molecule has 1 N–H and O–H groups in total. The largest absolute Gasteiger partial charge is 0.464 e. The number of benzene rings is 1. The van der Waals surface area contributed by atoms with Crippen LogP contribution >= 0.6 is 0 Å². The van der Waals surface area contributed by atoms with Crippen molar-refractivity contribution < 1.29 is 14.0 Å². The van der Waals surface area contributed by atoms with Crippen LogP contribution in [-0.2, 0) is 13.0 Å². The van der Waals surface area contributed by atoms with Crippen molar-refractivity contribution in [3.8, 4) is 0 Å². The molecule has 0 aliphatic carbocycles. The molecule has 0 radical (unpaired) electrons. The van der Waals surface area contributed by atoms with Crippen molar-refractivity contribution in [3.05, 3.63) is 106 Å². The molecule has 1 fully saturated rings. The monoisotopic (exact) mass is 473 g/mol. The molecule has 182 valence electrons. The Labute approximate surface area is 205 Å². The molecule has 1 aliphatic rings. The predicted octanol–water partition coefficient (Wildman–Crippen LogP) is 3.81. The first-order valence-electron chi connectivity index (χ1n) is 12.0. The number of nitrogens with one attached hydrogen (secondary N) is 1. The van der Waals surface area contributed by atoms with Crippen molar-refractivity contribution in [2.75, 3.05) is 19.6 Å². The molecule has 3 aromatic rings.